The zero-order valence-corrected chi connectivity index (χ0v) is 12.4. The smallest absolute Gasteiger partial charge is 0.355 e. The molecule has 1 aromatic rings. The number of primary sulfonamides is 1. The zero-order valence-electron chi connectivity index (χ0n) is 11.5. The first-order valence-corrected chi connectivity index (χ1v) is 8.40. The van der Waals surface area contributed by atoms with Gasteiger partial charge in [-0.05, 0) is 38.2 Å². The second-order valence-electron chi connectivity index (χ2n) is 5.11. The lowest BCUT2D eigenvalue weighted by molar-refractivity contribution is 0.0305. The molecule has 1 aliphatic rings. The van der Waals surface area contributed by atoms with Gasteiger partial charge < -0.3 is 9.30 Å². The summed E-state index contributed by atoms with van der Waals surface area (Å²) in [4.78, 5) is 12.1. The van der Waals surface area contributed by atoms with E-state index in [1.807, 2.05) is 6.92 Å². The number of esters is 1. The molecule has 1 heterocycles. The van der Waals surface area contributed by atoms with Crippen LogP contribution in [0, 0.1) is 0 Å². The van der Waals surface area contributed by atoms with Crippen molar-refractivity contribution in [2.24, 2.45) is 5.14 Å². The molecule has 112 valence electrons. The molecule has 0 saturated heterocycles. The van der Waals surface area contributed by atoms with Gasteiger partial charge in [-0.15, -0.1) is 0 Å². The van der Waals surface area contributed by atoms with E-state index in [9.17, 15) is 13.2 Å². The van der Waals surface area contributed by atoms with E-state index in [0.29, 0.717) is 6.54 Å². The maximum atomic E-state index is 12.2. The number of nitrogens with zero attached hydrogens (tertiary/aromatic N) is 1. The van der Waals surface area contributed by atoms with Crippen LogP contribution in [0.1, 0.15) is 49.5 Å². The summed E-state index contributed by atoms with van der Waals surface area (Å²) in [7, 11) is -3.81. The third-order valence-electron chi connectivity index (χ3n) is 3.45. The molecular formula is C13H20N2O4S. The molecule has 1 saturated carbocycles. The highest BCUT2D eigenvalue weighted by atomic mass is 32.2. The molecule has 0 spiro atoms. The van der Waals surface area contributed by atoms with E-state index in [1.54, 1.807) is 4.57 Å². The largest absolute Gasteiger partial charge is 0.458 e. The van der Waals surface area contributed by atoms with Crippen LogP contribution in [0.5, 0.6) is 0 Å². The Balaban J connectivity index is 2.23. The maximum absolute atomic E-state index is 12.2. The van der Waals surface area contributed by atoms with Gasteiger partial charge in [0.2, 0.25) is 10.0 Å². The van der Waals surface area contributed by atoms with Gasteiger partial charge in [-0.1, -0.05) is 6.92 Å². The van der Waals surface area contributed by atoms with Crippen LogP contribution in [0.4, 0.5) is 0 Å². The maximum Gasteiger partial charge on any atom is 0.355 e. The van der Waals surface area contributed by atoms with Crippen LogP contribution in [-0.4, -0.2) is 25.1 Å². The van der Waals surface area contributed by atoms with Gasteiger partial charge in [0.05, 0.1) is 0 Å². The van der Waals surface area contributed by atoms with Crippen molar-refractivity contribution in [2.75, 3.05) is 0 Å². The number of rotatable bonds is 5. The highest BCUT2D eigenvalue weighted by Gasteiger charge is 2.24. The van der Waals surface area contributed by atoms with E-state index in [1.165, 1.54) is 12.3 Å². The van der Waals surface area contributed by atoms with E-state index < -0.39 is 16.0 Å². The summed E-state index contributed by atoms with van der Waals surface area (Å²) in [6.07, 6.45) is 6.01. The third-order valence-corrected chi connectivity index (χ3v) is 4.33. The quantitative estimate of drug-likeness (QED) is 0.837. The molecule has 7 heteroatoms. The lowest BCUT2D eigenvalue weighted by Gasteiger charge is -2.12. The van der Waals surface area contributed by atoms with Crippen molar-refractivity contribution in [1.82, 2.24) is 4.57 Å². The van der Waals surface area contributed by atoms with Crippen molar-refractivity contribution < 1.29 is 17.9 Å². The van der Waals surface area contributed by atoms with E-state index in [2.05, 4.69) is 0 Å². The molecule has 1 aliphatic carbocycles. The Bertz CT molecular complexity index is 586. The van der Waals surface area contributed by atoms with Gasteiger partial charge in [0.25, 0.3) is 0 Å². The van der Waals surface area contributed by atoms with E-state index in [-0.39, 0.29) is 16.7 Å². The van der Waals surface area contributed by atoms with Crippen LogP contribution < -0.4 is 5.14 Å². The molecular weight excluding hydrogens is 280 g/mol. The lowest BCUT2D eigenvalue weighted by Crippen LogP contribution is -2.18. The molecule has 0 bridgehead atoms. The first kappa shape index (κ1) is 15.1. The number of ether oxygens (including phenoxy) is 1. The van der Waals surface area contributed by atoms with Gasteiger partial charge in [-0.3, -0.25) is 0 Å². The first-order valence-electron chi connectivity index (χ1n) is 6.85. The van der Waals surface area contributed by atoms with Gasteiger partial charge in [-0.2, -0.15) is 0 Å². The fourth-order valence-corrected chi connectivity index (χ4v) is 3.00. The van der Waals surface area contributed by atoms with Crippen LogP contribution in [0.25, 0.3) is 0 Å². The Hall–Kier alpha value is -1.34. The molecule has 0 amide bonds. The van der Waals surface area contributed by atoms with E-state index in [0.717, 1.165) is 32.1 Å². The summed E-state index contributed by atoms with van der Waals surface area (Å²) in [5.74, 6) is -0.472. The Kier molecular flexibility index (Phi) is 4.49. The molecule has 2 rings (SSSR count). The minimum absolute atomic E-state index is 0.0505. The van der Waals surface area contributed by atoms with Crippen molar-refractivity contribution in [2.45, 2.75) is 56.6 Å². The number of aryl methyl sites for hydroxylation is 1. The number of hydrogen-bond acceptors (Lipinski definition) is 4. The normalized spacial score (nSPS) is 16.5. The van der Waals surface area contributed by atoms with Crippen LogP contribution >= 0.6 is 0 Å². The average Bonchev–Trinajstić information content (AvgIpc) is 2.97. The third kappa shape index (κ3) is 3.40. The second-order valence-corrected chi connectivity index (χ2v) is 6.67. The molecule has 6 nitrogen and oxygen atoms in total. The number of sulfonamides is 1. The minimum Gasteiger partial charge on any atom is -0.458 e. The van der Waals surface area contributed by atoms with Crippen molar-refractivity contribution >= 4 is 16.0 Å². The molecule has 1 fully saturated rings. The average molecular weight is 300 g/mol. The lowest BCUT2D eigenvalue weighted by atomic mass is 10.3. The van der Waals surface area contributed by atoms with Crippen molar-refractivity contribution in [1.29, 1.82) is 0 Å². The van der Waals surface area contributed by atoms with Crippen molar-refractivity contribution in [3.63, 3.8) is 0 Å². The number of nitrogens with two attached hydrogens (primary N) is 1. The van der Waals surface area contributed by atoms with Gasteiger partial charge in [0.1, 0.15) is 16.7 Å². The Morgan fingerprint density at radius 1 is 1.45 bits per heavy atom. The Morgan fingerprint density at radius 3 is 2.65 bits per heavy atom. The number of carbonyl (C=O) groups is 1. The molecule has 2 N–H and O–H groups in total. The van der Waals surface area contributed by atoms with Crippen LogP contribution in [0.2, 0.25) is 0 Å². The highest BCUT2D eigenvalue weighted by molar-refractivity contribution is 7.89. The molecule has 0 aromatic carbocycles. The first-order chi connectivity index (χ1) is 9.41. The fourth-order valence-electron chi connectivity index (χ4n) is 2.45. The summed E-state index contributed by atoms with van der Waals surface area (Å²) < 4.78 is 29.8. The zero-order chi connectivity index (χ0) is 14.8. The molecule has 0 atom stereocenters. The molecule has 20 heavy (non-hydrogen) atoms. The second kappa shape index (κ2) is 5.97. The number of carbonyl (C=O) groups excluding carboxylic acids is 1. The van der Waals surface area contributed by atoms with Gasteiger partial charge in [0.15, 0.2) is 0 Å². The molecule has 0 unspecified atom stereocenters. The Labute approximate surface area is 119 Å². The van der Waals surface area contributed by atoms with Crippen LogP contribution in [-0.2, 0) is 21.3 Å². The van der Waals surface area contributed by atoms with E-state index in [4.69, 9.17) is 9.88 Å². The topological polar surface area (TPSA) is 91.4 Å². The van der Waals surface area contributed by atoms with Gasteiger partial charge >= 0.3 is 5.97 Å². The van der Waals surface area contributed by atoms with Crippen molar-refractivity contribution in [3.8, 4) is 0 Å². The van der Waals surface area contributed by atoms with Crippen LogP contribution in [0.3, 0.4) is 0 Å². The summed E-state index contributed by atoms with van der Waals surface area (Å²) in [5.41, 5.74) is 0.253. The molecule has 0 aliphatic heterocycles. The highest BCUT2D eigenvalue weighted by Crippen LogP contribution is 2.23. The fraction of sp³-hybridized carbons (Fsp3) is 0.615. The number of aromatic nitrogens is 1. The van der Waals surface area contributed by atoms with Gasteiger partial charge in [0, 0.05) is 12.7 Å². The predicted molar refractivity (Wildman–Crippen MR) is 73.8 cm³/mol. The SMILES string of the molecule is CCCn1cc(S(N)(=O)=O)cc1C(=O)OC1CCCC1. The summed E-state index contributed by atoms with van der Waals surface area (Å²) in [6.45, 7) is 2.49. The molecule has 1 aromatic heterocycles. The van der Waals surface area contributed by atoms with E-state index >= 15 is 0 Å². The standard InChI is InChI=1S/C13H20N2O4S/c1-2-7-15-9-11(20(14,17)18)8-12(15)13(16)19-10-5-3-4-6-10/h8-10H,2-7H2,1H3,(H2,14,17,18). The van der Waals surface area contributed by atoms with Gasteiger partial charge in [-0.25, -0.2) is 18.4 Å². The monoisotopic (exact) mass is 300 g/mol. The predicted octanol–water partition coefficient (Wildman–Crippen LogP) is 1.64. The summed E-state index contributed by atoms with van der Waals surface area (Å²) in [5, 5.41) is 5.11. The minimum atomic E-state index is -3.81. The molecule has 0 radical (unpaired) electrons. The summed E-state index contributed by atoms with van der Waals surface area (Å²) in [6, 6.07) is 1.29. The number of hydrogen-bond donors (Lipinski definition) is 1. The Morgan fingerprint density at radius 2 is 2.10 bits per heavy atom. The van der Waals surface area contributed by atoms with Crippen molar-refractivity contribution in [3.05, 3.63) is 18.0 Å². The van der Waals surface area contributed by atoms with Crippen LogP contribution in [0.15, 0.2) is 17.2 Å². The summed E-state index contributed by atoms with van der Waals surface area (Å²) >= 11 is 0.